The second-order valence-electron chi connectivity index (χ2n) is 4.84. The molecular formula is C15H18N2O3. The highest BCUT2D eigenvalue weighted by atomic mass is 16.5. The van der Waals surface area contributed by atoms with Gasteiger partial charge in [0.25, 0.3) is 5.91 Å². The van der Waals surface area contributed by atoms with Gasteiger partial charge in [-0.3, -0.25) is 4.79 Å². The number of nitrogens with one attached hydrogen (secondary N) is 1. The molecule has 0 radical (unpaired) electrons. The van der Waals surface area contributed by atoms with Crippen LogP contribution in [-0.2, 0) is 9.53 Å². The number of carbonyl (C=O) groups is 2. The molecule has 5 nitrogen and oxygen atoms in total. The Morgan fingerprint density at radius 2 is 2.00 bits per heavy atom. The van der Waals surface area contributed by atoms with E-state index in [1.807, 2.05) is 19.9 Å². The summed E-state index contributed by atoms with van der Waals surface area (Å²) in [7, 11) is 1.28. The van der Waals surface area contributed by atoms with Crippen LogP contribution in [0.2, 0.25) is 0 Å². The maximum absolute atomic E-state index is 12.2. The quantitative estimate of drug-likeness (QED) is 0.831. The SMILES string of the molecule is COC(=O)[C@H](CC(C)C)NC(=O)c1ccccc1C#N. The van der Waals surface area contributed by atoms with Crippen molar-refractivity contribution < 1.29 is 14.3 Å². The molecule has 0 aliphatic carbocycles. The number of esters is 1. The molecule has 1 aromatic carbocycles. The number of methoxy groups -OCH3 is 1. The highest BCUT2D eigenvalue weighted by molar-refractivity contribution is 5.98. The van der Waals surface area contributed by atoms with E-state index in [-0.39, 0.29) is 17.0 Å². The Morgan fingerprint density at radius 3 is 2.55 bits per heavy atom. The summed E-state index contributed by atoms with van der Waals surface area (Å²) in [5.41, 5.74) is 0.533. The van der Waals surface area contributed by atoms with Crippen molar-refractivity contribution >= 4 is 11.9 Å². The monoisotopic (exact) mass is 274 g/mol. The van der Waals surface area contributed by atoms with Gasteiger partial charge in [0.2, 0.25) is 0 Å². The van der Waals surface area contributed by atoms with Gasteiger partial charge in [-0.05, 0) is 24.5 Å². The van der Waals surface area contributed by atoms with Gasteiger partial charge >= 0.3 is 5.97 Å². The summed E-state index contributed by atoms with van der Waals surface area (Å²) in [6.07, 6.45) is 0.479. The van der Waals surface area contributed by atoms with Crippen LogP contribution in [0.3, 0.4) is 0 Å². The number of rotatable bonds is 5. The van der Waals surface area contributed by atoms with Crippen LogP contribution >= 0.6 is 0 Å². The molecule has 0 aliphatic heterocycles. The third-order valence-corrected chi connectivity index (χ3v) is 2.79. The summed E-state index contributed by atoms with van der Waals surface area (Å²) in [4.78, 5) is 23.8. The van der Waals surface area contributed by atoms with E-state index in [0.717, 1.165) is 0 Å². The molecule has 0 saturated heterocycles. The zero-order chi connectivity index (χ0) is 15.1. The summed E-state index contributed by atoms with van der Waals surface area (Å²) in [6, 6.07) is 7.71. The van der Waals surface area contributed by atoms with Crippen molar-refractivity contribution in [3.8, 4) is 6.07 Å². The predicted molar refractivity (Wildman–Crippen MR) is 73.9 cm³/mol. The minimum atomic E-state index is -0.709. The number of nitriles is 1. The van der Waals surface area contributed by atoms with E-state index >= 15 is 0 Å². The van der Waals surface area contributed by atoms with Crippen LogP contribution in [0.5, 0.6) is 0 Å². The molecule has 1 atom stereocenters. The molecule has 0 aliphatic rings. The van der Waals surface area contributed by atoms with Crippen molar-refractivity contribution in [2.24, 2.45) is 5.92 Å². The number of nitrogens with zero attached hydrogens (tertiary/aromatic N) is 1. The van der Waals surface area contributed by atoms with Gasteiger partial charge in [0, 0.05) is 0 Å². The second-order valence-corrected chi connectivity index (χ2v) is 4.84. The van der Waals surface area contributed by atoms with E-state index in [1.54, 1.807) is 24.3 Å². The maximum atomic E-state index is 12.2. The smallest absolute Gasteiger partial charge is 0.328 e. The lowest BCUT2D eigenvalue weighted by Gasteiger charge is -2.18. The van der Waals surface area contributed by atoms with Crippen LogP contribution in [0.15, 0.2) is 24.3 Å². The normalized spacial score (nSPS) is 11.6. The van der Waals surface area contributed by atoms with E-state index in [4.69, 9.17) is 5.26 Å². The Morgan fingerprint density at radius 1 is 1.35 bits per heavy atom. The first-order valence-corrected chi connectivity index (χ1v) is 6.37. The molecule has 1 amide bonds. The number of hydrogen-bond donors (Lipinski definition) is 1. The van der Waals surface area contributed by atoms with Crippen LogP contribution in [0, 0.1) is 17.2 Å². The fraction of sp³-hybridized carbons (Fsp3) is 0.400. The van der Waals surface area contributed by atoms with Gasteiger partial charge in [-0.1, -0.05) is 26.0 Å². The molecule has 20 heavy (non-hydrogen) atoms. The summed E-state index contributed by atoms with van der Waals surface area (Å²) in [5.74, 6) is -0.703. The van der Waals surface area contributed by atoms with Gasteiger partial charge in [-0.2, -0.15) is 5.26 Å². The predicted octanol–water partition coefficient (Wildman–Crippen LogP) is 1.88. The van der Waals surface area contributed by atoms with E-state index in [0.29, 0.717) is 6.42 Å². The van der Waals surface area contributed by atoms with E-state index < -0.39 is 17.9 Å². The summed E-state index contributed by atoms with van der Waals surface area (Å²) >= 11 is 0. The molecule has 106 valence electrons. The summed E-state index contributed by atoms with van der Waals surface area (Å²) in [5, 5.41) is 11.6. The van der Waals surface area contributed by atoms with Crippen molar-refractivity contribution in [3.63, 3.8) is 0 Å². The molecule has 0 unspecified atom stereocenters. The molecule has 1 rings (SSSR count). The topological polar surface area (TPSA) is 79.2 Å². The zero-order valence-electron chi connectivity index (χ0n) is 11.8. The van der Waals surface area contributed by atoms with E-state index in [1.165, 1.54) is 7.11 Å². The van der Waals surface area contributed by atoms with Gasteiger partial charge in [0.15, 0.2) is 0 Å². The van der Waals surface area contributed by atoms with Gasteiger partial charge in [0.1, 0.15) is 6.04 Å². The van der Waals surface area contributed by atoms with Crippen LogP contribution < -0.4 is 5.32 Å². The fourth-order valence-electron chi connectivity index (χ4n) is 1.84. The molecule has 0 saturated carbocycles. The number of amides is 1. The summed E-state index contributed by atoms with van der Waals surface area (Å²) < 4.78 is 4.69. The van der Waals surface area contributed by atoms with Crippen molar-refractivity contribution in [1.29, 1.82) is 5.26 Å². The van der Waals surface area contributed by atoms with Crippen molar-refractivity contribution in [2.45, 2.75) is 26.3 Å². The molecule has 0 aromatic heterocycles. The van der Waals surface area contributed by atoms with Crippen LogP contribution in [0.1, 0.15) is 36.2 Å². The molecule has 0 heterocycles. The number of ether oxygens (including phenoxy) is 1. The Labute approximate surface area is 118 Å². The Bertz CT molecular complexity index is 532. The maximum Gasteiger partial charge on any atom is 0.328 e. The third-order valence-electron chi connectivity index (χ3n) is 2.79. The zero-order valence-corrected chi connectivity index (χ0v) is 11.8. The van der Waals surface area contributed by atoms with Crippen LogP contribution in [0.25, 0.3) is 0 Å². The lowest BCUT2D eigenvalue weighted by molar-refractivity contribution is -0.143. The molecule has 0 bridgehead atoms. The molecule has 0 fully saturated rings. The van der Waals surface area contributed by atoms with Gasteiger partial charge in [-0.15, -0.1) is 0 Å². The molecule has 1 aromatic rings. The lowest BCUT2D eigenvalue weighted by Crippen LogP contribution is -2.42. The van der Waals surface area contributed by atoms with E-state index in [9.17, 15) is 9.59 Å². The van der Waals surface area contributed by atoms with Crippen molar-refractivity contribution in [2.75, 3.05) is 7.11 Å². The van der Waals surface area contributed by atoms with E-state index in [2.05, 4.69) is 10.1 Å². The first-order valence-electron chi connectivity index (χ1n) is 6.37. The average molecular weight is 274 g/mol. The largest absolute Gasteiger partial charge is 0.467 e. The fourth-order valence-corrected chi connectivity index (χ4v) is 1.84. The Balaban J connectivity index is 2.91. The first-order chi connectivity index (χ1) is 9.49. The van der Waals surface area contributed by atoms with Crippen molar-refractivity contribution in [1.82, 2.24) is 5.32 Å². The standard InChI is InChI=1S/C15H18N2O3/c1-10(2)8-13(15(19)20-3)17-14(18)12-7-5-4-6-11(12)9-16/h4-7,10,13H,8H2,1-3H3,(H,17,18)/t13-/m0/s1. The minimum absolute atomic E-state index is 0.227. The minimum Gasteiger partial charge on any atom is -0.467 e. The van der Waals surface area contributed by atoms with Crippen molar-refractivity contribution in [3.05, 3.63) is 35.4 Å². The summed E-state index contributed by atoms with van der Waals surface area (Å²) in [6.45, 7) is 3.90. The van der Waals surface area contributed by atoms with Gasteiger partial charge in [0.05, 0.1) is 24.3 Å². The average Bonchev–Trinajstić information content (AvgIpc) is 2.45. The molecular weight excluding hydrogens is 256 g/mol. The third kappa shape index (κ3) is 4.09. The van der Waals surface area contributed by atoms with Crippen LogP contribution in [0.4, 0.5) is 0 Å². The molecule has 1 N–H and O–H groups in total. The molecule has 5 heteroatoms. The van der Waals surface area contributed by atoms with Gasteiger partial charge < -0.3 is 10.1 Å². The first kappa shape index (κ1) is 15.7. The molecule has 0 spiro atoms. The number of carbonyl (C=O) groups excluding carboxylic acids is 2. The van der Waals surface area contributed by atoms with Crippen LogP contribution in [-0.4, -0.2) is 25.0 Å². The second kappa shape index (κ2) is 7.29. The highest BCUT2D eigenvalue weighted by Gasteiger charge is 2.24. The lowest BCUT2D eigenvalue weighted by atomic mass is 10.0. The Hall–Kier alpha value is -2.35. The number of hydrogen-bond acceptors (Lipinski definition) is 4. The number of benzene rings is 1. The Kier molecular flexibility index (Phi) is 5.73. The van der Waals surface area contributed by atoms with Gasteiger partial charge in [-0.25, -0.2) is 4.79 Å². The highest BCUT2D eigenvalue weighted by Crippen LogP contribution is 2.10.